The van der Waals surface area contributed by atoms with Crippen molar-refractivity contribution in [3.05, 3.63) is 52.9 Å². The Morgan fingerprint density at radius 3 is 2.86 bits per heavy atom. The van der Waals surface area contributed by atoms with Gasteiger partial charge in [0.05, 0.1) is 18.8 Å². The number of hydrogen-bond acceptors (Lipinski definition) is 4. The fourth-order valence-electron chi connectivity index (χ4n) is 2.55. The average Bonchev–Trinajstić information content (AvgIpc) is 2.93. The Bertz CT molecular complexity index is 694. The van der Waals surface area contributed by atoms with Gasteiger partial charge >= 0.3 is 0 Å². The molecular formula is C16H17N3O3. The van der Waals surface area contributed by atoms with Crippen molar-refractivity contribution in [2.75, 3.05) is 13.1 Å². The molecule has 0 atom stereocenters. The molecule has 0 fully saturated rings. The number of carbonyl (C=O) groups excluding carboxylic acids is 2. The summed E-state index contributed by atoms with van der Waals surface area (Å²) < 4.78 is 5.23. The number of benzene rings is 1. The highest BCUT2D eigenvalue weighted by Crippen LogP contribution is 2.21. The van der Waals surface area contributed by atoms with Crippen LogP contribution in [0.5, 0.6) is 0 Å². The minimum Gasteiger partial charge on any atom is -0.359 e. The molecule has 0 radical (unpaired) electrons. The molecule has 2 amide bonds. The maximum Gasteiger partial charge on any atom is 0.251 e. The van der Waals surface area contributed by atoms with Gasteiger partial charge in [-0.15, -0.1) is 0 Å². The lowest BCUT2D eigenvalue weighted by Gasteiger charge is -2.25. The van der Waals surface area contributed by atoms with Crippen molar-refractivity contribution >= 4 is 11.8 Å². The Kier molecular flexibility index (Phi) is 3.91. The van der Waals surface area contributed by atoms with E-state index in [2.05, 4.69) is 10.5 Å². The lowest BCUT2D eigenvalue weighted by Crippen LogP contribution is -2.42. The zero-order valence-corrected chi connectivity index (χ0v) is 12.3. The standard InChI is InChI=1S/C16H17N3O3/c1-11-13-7-8-19(10-14(13)22-18-11)15(20)9-17-16(21)12-5-3-2-4-6-12/h2-6H,7-10H2,1H3,(H,17,21). The highest BCUT2D eigenvalue weighted by molar-refractivity contribution is 5.96. The van der Waals surface area contributed by atoms with Gasteiger partial charge in [-0.05, 0) is 25.5 Å². The van der Waals surface area contributed by atoms with E-state index in [0.29, 0.717) is 18.7 Å². The molecule has 1 N–H and O–H groups in total. The summed E-state index contributed by atoms with van der Waals surface area (Å²) >= 11 is 0. The van der Waals surface area contributed by atoms with E-state index >= 15 is 0 Å². The van der Waals surface area contributed by atoms with Crippen LogP contribution >= 0.6 is 0 Å². The molecule has 0 spiro atoms. The molecule has 0 saturated heterocycles. The monoisotopic (exact) mass is 299 g/mol. The van der Waals surface area contributed by atoms with E-state index in [1.54, 1.807) is 29.2 Å². The fraction of sp³-hybridized carbons (Fsp3) is 0.312. The third-order valence-electron chi connectivity index (χ3n) is 3.82. The van der Waals surface area contributed by atoms with Crippen molar-refractivity contribution in [1.82, 2.24) is 15.4 Å². The van der Waals surface area contributed by atoms with Crippen LogP contribution in [-0.4, -0.2) is 35.0 Å². The number of aryl methyl sites for hydroxylation is 1. The van der Waals surface area contributed by atoms with E-state index in [1.807, 2.05) is 13.0 Å². The van der Waals surface area contributed by atoms with Gasteiger partial charge in [-0.3, -0.25) is 9.59 Å². The van der Waals surface area contributed by atoms with Gasteiger partial charge in [-0.1, -0.05) is 23.4 Å². The predicted molar refractivity (Wildman–Crippen MR) is 79.1 cm³/mol. The van der Waals surface area contributed by atoms with Gasteiger partial charge in [-0.25, -0.2) is 0 Å². The van der Waals surface area contributed by atoms with Crippen molar-refractivity contribution in [3.63, 3.8) is 0 Å². The molecule has 0 unspecified atom stereocenters. The van der Waals surface area contributed by atoms with Gasteiger partial charge < -0.3 is 14.7 Å². The van der Waals surface area contributed by atoms with E-state index in [0.717, 1.165) is 23.4 Å². The molecule has 2 aromatic rings. The van der Waals surface area contributed by atoms with Crippen LogP contribution in [0.3, 0.4) is 0 Å². The Hall–Kier alpha value is -2.63. The number of nitrogens with one attached hydrogen (secondary N) is 1. The number of nitrogens with zero attached hydrogens (tertiary/aromatic N) is 2. The number of amides is 2. The van der Waals surface area contributed by atoms with Crippen LogP contribution in [0.25, 0.3) is 0 Å². The van der Waals surface area contributed by atoms with Crippen molar-refractivity contribution in [3.8, 4) is 0 Å². The predicted octanol–water partition coefficient (Wildman–Crippen LogP) is 1.30. The minimum atomic E-state index is -0.248. The first-order valence-corrected chi connectivity index (χ1v) is 7.20. The lowest BCUT2D eigenvalue weighted by atomic mass is 10.1. The third kappa shape index (κ3) is 2.86. The van der Waals surface area contributed by atoms with Gasteiger partial charge in [-0.2, -0.15) is 0 Å². The van der Waals surface area contributed by atoms with Crippen LogP contribution in [0.2, 0.25) is 0 Å². The highest BCUT2D eigenvalue weighted by atomic mass is 16.5. The minimum absolute atomic E-state index is 0.0177. The van der Waals surface area contributed by atoms with Gasteiger partial charge in [0, 0.05) is 17.7 Å². The summed E-state index contributed by atoms with van der Waals surface area (Å²) in [5.74, 6) is 0.373. The third-order valence-corrected chi connectivity index (χ3v) is 3.82. The largest absolute Gasteiger partial charge is 0.359 e. The zero-order valence-electron chi connectivity index (χ0n) is 12.3. The quantitative estimate of drug-likeness (QED) is 0.927. The van der Waals surface area contributed by atoms with Crippen LogP contribution < -0.4 is 5.32 Å². The second-order valence-electron chi connectivity index (χ2n) is 5.28. The van der Waals surface area contributed by atoms with E-state index in [1.165, 1.54) is 0 Å². The number of hydrogen-bond donors (Lipinski definition) is 1. The number of fused-ring (bicyclic) bond motifs is 1. The Morgan fingerprint density at radius 1 is 1.32 bits per heavy atom. The second-order valence-corrected chi connectivity index (χ2v) is 5.28. The summed E-state index contributed by atoms with van der Waals surface area (Å²) in [5, 5.41) is 6.57. The first kappa shape index (κ1) is 14.3. The molecule has 0 aliphatic carbocycles. The average molecular weight is 299 g/mol. The maximum absolute atomic E-state index is 12.2. The van der Waals surface area contributed by atoms with E-state index in [9.17, 15) is 9.59 Å². The molecule has 3 rings (SSSR count). The molecule has 0 bridgehead atoms. The Labute approximate surface area is 128 Å². The number of aromatic nitrogens is 1. The molecule has 22 heavy (non-hydrogen) atoms. The van der Waals surface area contributed by atoms with Crippen LogP contribution in [0, 0.1) is 6.92 Å². The summed E-state index contributed by atoms with van der Waals surface area (Å²) in [7, 11) is 0. The van der Waals surface area contributed by atoms with Crippen LogP contribution in [0.15, 0.2) is 34.9 Å². The van der Waals surface area contributed by atoms with Gasteiger partial charge in [0.25, 0.3) is 5.91 Å². The van der Waals surface area contributed by atoms with Gasteiger partial charge in [0.15, 0.2) is 5.76 Å². The first-order valence-electron chi connectivity index (χ1n) is 7.20. The van der Waals surface area contributed by atoms with Crippen molar-refractivity contribution in [1.29, 1.82) is 0 Å². The summed E-state index contributed by atoms with van der Waals surface area (Å²) in [4.78, 5) is 25.8. The Balaban J connectivity index is 1.56. The summed E-state index contributed by atoms with van der Waals surface area (Å²) in [5.41, 5.74) is 2.53. The second kappa shape index (κ2) is 6.01. The Morgan fingerprint density at radius 2 is 2.09 bits per heavy atom. The fourth-order valence-corrected chi connectivity index (χ4v) is 2.55. The molecule has 2 heterocycles. The normalized spacial score (nSPS) is 13.6. The first-order chi connectivity index (χ1) is 10.6. The molecule has 1 aliphatic heterocycles. The van der Waals surface area contributed by atoms with E-state index < -0.39 is 0 Å². The molecule has 6 nitrogen and oxygen atoms in total. The molecule has 114 valence electrons. The van der Waals surface area contributed by atoms with Crippen molar-refractivity contribution in [2.45, 2.75) is 19.9 Å². The van der Waals surface area contributed by atoms with Crippen LogP contribution in [-0.2, 0) is 17.8 Å². The molecule has 1 aromatic carbocycles. The van der Waals surface area contributed by atoms with E-state index in [-0.39, 0.29) is 18.4 Å². The number of carbonyl (C=O) groups is 2. The van der Waals surface area contributed by atoms with Gasteiger partial charge in [0.2, 0.25) is 5.91 Å². The number of rotatable bonds is 3. The van der Waals surface area contributed by atoms with Crippen molar-refractivity contribution in [2.24, 2.45) is 0 Å². The SMILES string of the molecule is Cc1noc2c1CCN(C(=O)CNC(=O)c1ccccc1)C2. The van der Waals surface area contributed by atoms with E-state index in [4.69, 9.17) is 4.52 Å². The zero-order chi connectivity index (χ0) is 15.5. The summed E-state index contributed by atoms with van der Waals surface area (Å²) in [6.45, 7) is 2.92. The van der Waals surface area contributed by atoms with Crippen molar-refractivity contribution < 1.29 is 14.1 Å². The molecule has 6 heteroatoms. The summed E-state index contributed by atoms with van der Waals surface area (Å²) in [6, 6.07) is 8.84. The van der Waals surface area contributed by atoms with Crippen LogP contribution in [0.4, 0.5) is 0 Å². The maximum atomic E-state index is 12.2. The lowest BCUT2D eigenvalue weighted by molar-refractivity contribution is -0.131. The molecule has 1 aromatic heterocycles. The molecule has 0 saturated carbocycles. The van der Waals surface area contributed by atoms with Crippen LogP contribution in [0.1, 0.15) is 27.4 Å². The van der Waals surface area contributed by atoms with Gasteiger partial charge in [0.1, 0.15) is 0 Å². The molecule has 1 aliphatic rings. The summed E-state index contributed by atoms with van der Waals surface area (Å²) in [6.07, 6.45) is 0.739. The highest BCUT2D eigenvalue weighted by Gasteiger charge is 2.25. The smallest absolute Gasteiger partial charge is 0.251 e. The topological polar surface area (TPSA) is 75.4 Å². The molecular weight excluding hydrogens is 282 g/mol.